The molecule has 3 aromatic carbocycles. The van der Waals surface area contributed by atoms with E-state index >= 15 is 0 Å². The molecule has 2 heterocycles. The van der Waals surface area contributed by atoms with E-state index in [0.717, 1.165) is 77.8 Å². The molecule has 0 saturated heterocycles. The Hall–Kier alpha value is -5.66. The zero-order valence-corrected chi connectivity index (χ0v) is 27.2. The highest BCUT2D eigenvalue weighted by molar-refractivity contribution is 6.08. The maximum absolute atomic E-state index is 13.6. The number of carbonyl (C=O) groups is 2. The summed E-state index contributed by atoms with van der Waals surface area (Å²) in [5.41, 5.74) is 4.24. The number of benzene rings is 3. The second-order valence-electron chi connectivity index (χ2n) is 12.1. The van der Waals surface area contributed by atoms with Crippen LogP contribution in [-0.4, -0.2) is 53.6 Å². The Morgan fingerprint density at radius 1 is 0.939 bits per heavy atom. The summed E-state index contributed by atoms with van der Waals surface area (Å²) >= 11 is 0. The van der Waals surface area contributed by atoms with Gasteiger partial charge in [0.2, 0.25) is 12.6 Å². The topological polar surface area (TPSA) is 164 Å². The monoisotopic (exact) mass is 667 g/mol. The average Bonchev–Trinajstić information content (AvgIpc) is 3.86. The second kappa shape index (κ2) is 15.0. The molecule has 254 valence electrons. The number of hydrogen-bond donors (Lipinski definition) is 0. The number of nitrogens with zero attached hydrogens (tertiary/aromatic N) is 7. The van der Waals surface area contributed by atoms with E-state index in [-0.39, 0.29) is 25.9 Å². The van der Waals surface area contributed by atoms with Gasteiger partial charge in [-0.05, 0) is 52.3 Å². The van der Waals surface area contributed by atoms with E-state index in [4.69, 9.17) is 14.5 Å². The lowest BCUT2D eigenvalue weighted by atomic mass is 9.97. The van der Waals surface area contributed by atoms with Gasteiger partial charge in [0.15, 0.2) is 0 Å². The minimum atomic E-state index is -0.941. The quantitative estimate of drug-likeness (QED) is 0.0850. The van der Waals surface area contributed by atoms with Crippen LogP contribution in [0, 0.1) is 10.1 Å². The highest BCUT2D eigenvalue weighted by Crippen LogP contribution is 2.40. The fraction of sp³-hybridized carbons (Fsp3) is 0.371. The van der Waals surface area contributed by atoms with Crippen molar-refractivity contribution in [2.24, 2.45) is 4.99 Å². The predicted molar refractivity (Wildman–Crippen MR) is 177 cm³/mol. The van der Waals surface area contributed by atoms with Crippen LogP contribution in [0.2, 0.25) is 0 Å². The van der Waals surface area contributed by atoms with Crippen molar-refractivity contribution >= 4 is 17.9 Å². The average molecular weight is 668 g/mol. The Bertz CT molecular complexity index is 1830. The third-order valence-corrected chi connectivity index (χ3v) is 8.69. The lowest BCUT2D eigenvalue weighted by Crippen LogP contribution is -2.40. The van der Waals surface area contributed by atoms with Gasteiger partial charge in [-0.25, -0.2) is 4.79 Å². The summed E-state index contributed by atoms with van der Waals surface area (Å²) in [5.74, 6) is 1.42. The van der Waals surface area contributed by atoms with E-state index < -0.39 is 16.8 Å². The molecule has 1 aromatic heterocycles. The summed E-state index contributed by atoms with van der Waals surface area (Å²) in [6.07, 6.45) is 5.70. The van der Waals surface area contributed by atoms with Gasteiger partial charge in [0.25, 0.3) is 11.0 Å². The number of amidine groups is 1. The molecule has 14 heteroatoms. The third-order valence-electron chi connectivity index (χ3n) is 8.69. The van der Waals surface area contributed by atoms with Crippen LogP contribution in [0.4, 0.5) is 4.79 Å². The Morgan fingerprint density at radius 2 is 1.67 bits per heavy atom. The van der Waals surface area contributed by atoms with Gasteiger partial charge in [-0.1, -0.05) is 99.0 Å². The van der Waals surface area contributed by atoms with Gasteiger partial charge in [0.1, 0.15) is 24.6 Å². The Labute approximate surface area is 282 Å². The summed E-state index contributed by atoms with van der Waals surface area (Å²) in [6.45, 7) is 2.01. The first-order valence-corrected chi connectivity index (χ1v) is 16.4. The highest BCUT2D eigenvalue weighted by atomic mass is 16.9. The molecule has 0 radical (unpaired) electrons. The Morgan fingerprint density at radius 3 is 2.41 bits per heavy atom. The molecule has 1 amide bonds. The fourth-order valence-corrected chi connectivity index (χ4v) is 6.24. The van der Waals surface area contributed by atoms with Gasteiger partial charge in [0.05, 0.1) is 6.54 Å². The van der Waals surface area contributed by atoms with E-state index in [1.165, 1.54) is 0 Å². The van der Waals surface area contributed by atoms with Gasteiger partial charge in [-0.2, -0.15) is 0 Å². The minimum Gasteiger partial charge on any atom is -0.429 e. The summed E-state index contributed by atoms with van der Waals surface area (Å²) < 4.78 is 10.3. The number of aromatic nitrogens is 4. The van der Waals surface area contributed by atoms with Crippen LogP contribution in [0.25, 0.3) is 22.5 Å². The van der Waals surface area contributed by atoms with Gasteiger partial charge in [-0.15, -0.1) is 25.1 Å². The lowest BCUT2D eigenvalue weighted by Gasteiger charge is -2.23. The van der Waals surface area contributed by atoms with Crippen molar-refractivity contribution < 1.29 is 29.0 Å². The van der Waals surface area contributed by atoms with E-state index in [2.05, 4.69) is 27.2 Å². The summed E-state index contributed by atoms with van der Waals surface area (Å²) in [6, 6.07) is 22.5. The Balaban J connectivity index is 1.07. The molecular weight excluding hydrogens is 630 g/mol. The van der Waals surface area contributed by atoms with Crippen LogP contribution in [0.15, 0.2) is 77.8 Å². The molecule has 2 aliphatic rings. The summed E-state index contributed by atoms with van der Waals surface area (Å²) in [5, 5.41) is 22.2. The molecule has 0 N–H and O–H groups in total. The molecule has 1 aliphatic heterocycles. The number of carbonyl (C=O) groups excluding carboxylic acids is 2. The van der Waals surface area contributed by atoms with Crippen molar-refractivity contribution in [1.29, 1.82) is 0 Å². The van der Waals surface area contributed by atoms with E-state index in [1.807, 2.05) is 53.4 Å². The van der Waals surface area contributed by atoms with Crippen molar-refractivity contribution in [1.82, 2.24) is 25.1 Å². The fourth-order valence-electron chi connectivity index (χ4n) is 6.24. The van der Waals surface area contributed by atoms with Crippen LogP contribution >= 0.6 is 0 Å². The van der Waals surface area contributed by atoms with E-state index in [9.17, 15) is 19.7 Å². The van der Waals surface area contributed by atoms with E-state index in [0.29, 0.717) is 23.5 Å². The zero-order chi connectivity index (χ0) is 34.2. The Kier molecular flexibility index (Phi) is 10.2. The molecule has 0 unspecified atom stereocenters. The van der Waals surface area contributed by atoms with Crippen LogP contribution in [0.3, 0.4) is 0 Å². The summed E-state index contributed by atoms with van der Waals surface area (Å²) in [4.78, 5) is 48.6. The number of tetrazole rings is 1. The molecule has 1 aliphatic carbocycles. The zero-order valence-electron chi connectivity index (χ0n) is 27.2. The predicted octanol–water partition coefficient (Wildman–Crippen LogP) is 6.27. The van der Waals surface area contributed by atoms with Crippen LogP contribution < -0.4 is 0 Å². The number of hydrogen-bond acceptors (Lipinski definition) is 11. The van der Waals surface area contributed by atoms with Crippen molar-refractivity contribution in [3.8, 4) is 22.5 Å². The smallest absolute Gasteiger partial charge is 0.429 e. The molecular formula is C35H37N7O7. The SMILES string of the molecule is CCCCC1=NC2(CCCC2)C(=O)N1Cc1ccc(-c2ccccc2-c2nnn(COC(=O)OCc3cccc(CO[N+](=O)[O-])c3)n2)cc1. The van der Waals surface area contributed by atoms with E-state index in [1.54, 1.807) is 24.3 Å². The van der Waals surface area contributed by atoms with Gasteiger partial charge >= 0.3 is 6.16 Å². The normalized spacial score (nSPS) is 15.0. The maximum Gasteiger partial charge on any atom is 0.510 e. The molecule has 0 atom stereocenters. The van der Waals surface area contributed by atoms with Gasteiger partial charge in [0, 0.05) is 12.0 Å². The maximum atomic E-state index is 13.6. The van der Waals surface area contributed by atoms with Crippen molar-refractivity contribution in [2.75, 3.05) is 0 Å². The summed E-state index contributed by atoms with van der Waals surface area (Å²) in [7, 11) is 0. The first-order chi connectivity index (χ1) is 23.8. The number of amides is 1. The molecule has 4 aromatic rings. The first kappa shape index (κ1) is 33.2. The molecule has 0 bridgehead atoms. The lowest BCUT2D eigenvalue weighted by molar-refractivity contribution is -0.763. The number of rotatable bonds is 14. The second-order valence-corrected chi connectivity index (χ2v) is 12.1. The molecule has 49 heavy (non-hydrogen) atoms. The molecule has 1 spiro atoms. The number of aliphatic imine (C=N–C) groups is 1. The van der Waals surface area contributed by atoms with Crippen molar-refractivity contribution in [3.63, 3.8) is 0 Å². The number of ether oxygens (including phenoxy) is 2. The van der Waals surface area contributed by atoms with Crippen LogP contribution in [-0.2, 0) is 45.6 Å². The van der Waals surface area contributed by atoms with Gasteiger partial charge in [-0.3, -0.25) is 14.7 Å². The molecule has 6 rings (SSSR count). The van der Waals surface area contributed by atoms with Crippen molar-refractivity contribution in [2.45, 2.75) is 83.9 Å². The van der Waals surface area contributed by atoms with Crippen LogP contribution in [0.1, 0.15) is 68.6 Å². The molecule has 14 nitrogen and oxygen atoms in total. The van der Waals surface area contributed by atoms with Crippen LogP contribution in [0.5, 0.6) is 0 Å². The third kappa shape index (κ3) is 7.91. The molecule has 1 fully saturated rings. The molecule has 1 saturated carbocycles. The number of unbranched alkanes of at least 4 members (excludes halogenated alkanes) is 1. The highest BCUT2D eigenvalue weighted by Gasteiger charge is 2.49. The van der Waals surface area contributed by atoms with Crippen molar-refractivity contribution in [3.05, 3.63) is 99.6 Å². The minimum absolute atomic E-state index is 0.101. The van der Waals surface area contributed by atoms with Gasteiger partial charge < -0.3 is 14.3 Å². The largest absolute Gasteiger partial charge is 0.510 e. The first-order valence-electron chi connectivity index (χ1n) is 16.4. The standard InChI is InChI=1S/C35H37N7O7/c1-2-3-13-31-36-35(18-6-7-19-35)33(43)40(31)21-25-14-16-28(17-15-25)29-11-4-5-12-30(29)32-37-39-41(38-32)24-48-34(44)47-22-26-9-8-10-27(20-26)23-49-42(45)46/h4-5,8-12,14-17,20H,2-3,6-7,13,18-19,21-24H2,1H3.